The van der Waals surface area contributed by atoms with E-state index in [4.69, 9.17) is 4.74 Å². The van der Waals surface area contributed by atoms with Crippen molar-refractivity contribution >= 4 is 20.8 Å². The zero-order valence-corrected chi connectivity index (χ0v) is 12.0. The van der Waals surface area contributed by atoms with E-state index in [9.17, 15) is 9.59 Å². The standard InChI is InChI=1S/C15H17O3P/c1-10(9-19)6-7-18-14-8-13(16)11-4-2-3-5-12(11)15(14)17/h2-5,8,10H,6-7,9,19H2,1H3. The van der Waals surface area contributed by atoms with Crippen LogP contribution in [0.4, 0.5) is 0 Å². The molecule has 2 unspecified atom stereocenters. The lowest BCUT2D eigenvalue weighted by Crippen LogP contribution is -2.19. The summed E-state index contributed by atoms with van der Waals surface area (Å²) in [7, 11) is 2.69. The maximum atomic E-state index is 12.2. The van der Waals surface area contributed by atoms with Gasteiger partial charge in [-0.2, -0.15) is 0 Å². The molecule has 0 fully saturated rings. The smallest absolute Gasteiger partial charge is 0.228 e. The van der Waals surface area contributed by atoms with Gasteiger partial charge in [-0.05, 0) is 18.5 Å². The van der Waals surface area contributed by atoms with Crippen molar-refractivity contribution in [3.63, 3.8) is 0 Å². The van der Waals surface area contributed by atoms with Gasteiger partial charge in [0.05, 0.1) is 6.61 Å². The summed E-state index contributed by atoms with van der Waals surface area (Å²) < 4.78 is 5.48. The van der Waals surface area contributed by atoms with E-state index in [0.29, 0.717) is 23.7 Å². The lowest BCUT2D eigenvalue weighted by Gasteiger charge is -2.16. The molecule has 0 spiro atoms. The van der Waals surface area contributed by atoms with Gasteiger partial charge in [0.2, 0.25) is 5.78 Å². The summed E-state index contributed by atoms with van der Waals surface area (Å²) >= 11 is 0. The van der Waals surface area contributed by atoms with E-state index < -0.39 is 0 Å². The van der Waals surface area contributed by atoms with E-state index in [1.165, 1.54) is 6.08 Å². The Kier molecular flexibility index (Phi) is 4.49. The number of benzene rings is 1. The maximum absolute atomic E-state index is 12.2. The Hall–Kier alpha value is -1.47. The van der Waals surface area contributed by atoms with Gasteiger partial charge in [-0.3, -0.25) is 9.59 Å². The van der Waals surface area contributed by atoms with Gasteiger partial charge in [0.25, 0.3) is 0 Å². The van der Waals surface area contributed by atoms with Crippen LogP contribution in [0.15, 0.2) is 36.1 Å². The lowest BCUT2D eigenvalue weighted by molar-refractivity contribution is 0.0875. The van der Waals surface area contributed by atoms with Crippen LogP contribution >= 0.6 is 9.24 Å². The second-order valence-electron chi connectivity index (χ2n) is 4.73. The molecule has 1 aromatic rings. The molecule has 1 aromatic carbocycles. The van der Waals surface area contributed by atoms with Gasteiger partial charge < -0.3 is 4.74 Å². The normalized spacial score (nSPS) is 15.8. The number of fused-ring (bicyclic) bond motifs is 1. The molecule has 0 saturated heterocycles. The number of Topliss-reactive ketones (excluding diaryl/α,β-unsaturated/α-hetero) is 1. The predicted molar refractivity (Wildman–Crippen MR) is 77.5 cm³/mol. The first-order valence-corrected chi connectivity index (χ1v) is 7.17. The SMILES string of the molecule is CC(CP)CCOC1=CC(=O)c2ccccc2C1=O. The van der Waals surface area contributed by atoms with Crippen molar-refractivity contribution in [3.8, 4) is 0 Å². The quantitative estimate of drug-likeness (QED) is 0.777. The van der Waals surface area contributed by atoms with Crippen molar-refractivity contribution in [2.45, 2.75) is 13.3 Å². The number of ketones is 2. The highest BCUT2D eigenvalue weighted by molar-refractivity contribution is 7.16. The molecule has 0 aromatic heterocycles. The summed E-state index contributed by atoms with van der Waals surface area (Å²) in [6.07, 6.45) is 3.16. The first kappa shape index (κ1) is 14.0. The van der Waals surface area contributed by atoms with Crippen LogP contribution in [0.1, 0.15) is 34.1 Å². The molecule has 1 aliphatic rings. The Balaban J connectivity index is 2.08. The molecule has 19 heavy (non-hydrogen) atoms. The fraction of sp³-hybridized carbons (Fsp3) is 0.333. The topological polar surface area (TPSA) is 43.4 Å². The summed E-state index contributed by atoms with van der Waals surface area (Å²) in [6, 6.07) is 6.84. The highest BCUT2D eigenvalue weighted by atomic mass is 31.0. The molecule has 0 heterocycles. The average Bonchev–Trinajstić information content (AvgIpc) is 2.44. The average molecular weight is 276 g/mol. The Morgan fingerprint density at radius 3 is 2.58 bits per heavy atom. The molecule has 0 amide bonds. The van der Waals surface area contributed by atoms with Crippen LogP contribution in [0.5, 0.6) is 0 Å². The molecule has 3 nitrogen and oxygen atoms in total. The van der Waals surface area contributed by atoms with E-state index in [2.05, 4.69) is 16.2 Å². The Labute approximate surface area is 115 Å². The van der Waals surface area contributed by atoms with E-state index in [0.717, 1.165) is 12.6 Å². The first-order chi connectivity index (χ1) is 9.13. The zero-order chi connectivity index (χ0) is 13.8. The highest BCUT2D eigenvalue weighted by Crippen LogP contribution is 2.22. The van der Waals surface area contributed by atoms with Crippen molar-refractivity contribution in [3.05, 3.63) is 47.2 Å². The van der Waals surface area contributed by atoms with Crippen LogP contribution in [-0.4, -0.2) is 24.3 Å². The first-order valence-electron chi connectivity index (χ1n) is 6.36. The monoisotopic (exact) mass is 276 g/mol. The minimum absolute atomic E-state index is 0.163. The van der Waals surface area contributed by atoms with Crippen molar-refractivity contribution in [2.24, 2.45) is 5.92 Å². The second-order valence-corrected chi connectivity index (χ2v) is 5.20. The van der Waals surface area contributed by atoms with Crippen LogP contribution < -0.4 is 0 Å². The number of ether oxygens (including phenoxy) is 1. The molecule has 0 bridgehead atoms. The predicted octanol–water partition coefficient (Wildman–Crippen LogP) is 2.87. The van der Waals surface area contributed by atoms with Gasteiger partial charge in [-0.25, -0.2) is 0 Å². The van der Waals surface area contributed by atoms with Gasteiger partial charge in [0, 0.05) is 17.2 Å². The molecular weight excluding hydrogens is 259 g/mol. The molecule has 100 valence electrons. The molecule has 0 saturated carbocycles. The number of hydrogen-bond acceptors (Lipinski definition) is 3. The third-order valence-corrected chi connectivity index (χ3v) is 4.00. The fourth-order valence-electron chi connectivity index (χ4n) is 1.89. The van der Waals surface area contributed by atoms with E-state index >= 15 is 0 Å². The third-order valence-electron chi connectivity index (χ3n) is 3.19. The largest absolute Gasteiger partial charge is 0.489 e. The van der Waals surface area contributed by atoms with E-state index in [-0.39, 0.29) is 17.3 Å². The van der Waals surface area contributed by atoms with Crippen molar-refractivity contribution < 1.29 is 14.3 Å². The van der Waals surface area contributed by atoms with E-state index in [1.54, 1.807) is 24.3 Å². The third kappa shape index (κ3) is 3.10. The van der Waals surface area contributed by atoms with E-state index in [1.807, 2.05) is 0 Å². The van der Waals surface area contributed by atoms with Crippen molar-refractivity contribution in [1.82, 2.24) is 0 Å². The van der Waals surface area contributed by atoms with Crippen LogP contribution in [0, 0.1) is 5.92 Å². The van der Waals surface area contributed by atoms with Crippen molar-refractivity contribution in [1.29, 1.82) is 0 Å². The number of hydrogen-bond donors (Lipinski definition) is 0. The zero-order valence-electron chi connectivity index (χ0n) is 10.9. The number of allylic oxidation sites excluding steroid dienone is 2. The number of carbonyl (C=O) groups excluding carboxylic acids is 2. The van der Waals surface area contributed by atoms with Gasteiger partial charge >= 0.3 is 0 Å². The van der Waals surface area contributed by atoms with Crippen LogP contribution in [-0.2, 0) is 4.74 Å². The molecule has 1 aliphatic carbocycles. The second kappa shape index (κ2) is 6.12. The van der Waals surface area contributed by atoms with Crippen LogP contribution in [0.3, 0.4) is 0 Å². The van der Waals surface area contributed by atoms with Gasteiger partial charge in [0.15, 0.2) is 11.5 Å². The summed E-state index contributed by atoms with van der Waals surface area (Å²) in [4.78, 5) is 24.0. The molecule has 0 aliphatic heterocycles. The Morgan fingerprint density at radius 1 is 1.21 bits per heavy atom. The van der Waals surface area contributed by atoms with Gasteiger partial charge in [-0.1, -0.05) is 31.2 Å². The highest BCUT2D eigenvalue weighted by Gasteiger charge is 2.26. The van der Waals surface area contributed by atoms with Crippen LogP contribution in [0.25, 0.3) is 0 Å². The summed E-state index contributed by atoms with van der Waals surface area (Å²) in [6.45, 7) is 2.58. The molecule has 0 radical (unpaired) electrons. The minimum atomic E-state index is -0.200. The van der Waals surface area contributed by atoms with Gasteiger partial charge in [0.1, 0.15) is 0 Å². The van der Waals surface area contributed by atoms with Gasteiger partial charge in [-0.15, -0.1) is 9.24 Å². The molecule has 4 heteroatoms. The van der Waals surface area contributed by atoms with Crippen molar-refractivity contribution in [2.75, 3.05) is 12.8 Å². The Morgan fingerprint density at radius 2 is 1.89 bits per heavy atom. The summed E-state index contributed by atoms with van der Waals surface area (Å²) in [5.41, 5.74) is 0.891. The van der Waals surface area contributed by atoms with Crippen LogP contribution in [0.2, 0.25) is 0 Å². The molecule has 2 atom stereocenters. The number of carbonyl (C=O) groups is 2. The maximum Gasteiger partial charge on any atom is 0.228 e. The lowest BCUT2D eigenvalue weighted by atomic mass is 9.94. The molecule has 0 N–H and O–H groups in total. The molecule has 2 rings (SSSR count). The summed E-state index contributed by atoms with van der Waals surface area (Å²) in [5.74, 6) is 0.324. The Bertz CT molecular complexity index is 534. The summed E-state index contributed by atoms with van der Waals surface area (Å²) in [5, 5.41) is 0. The minimum Gasteiger partial charge on any atom is -0.489 e. The number of rotatable bonds is 5. The fourth-order valence-corrected chi connectivity index (χ4v) is 2.12. The molecular formula is C15H17O3P.